The number of carbonyl (C=O) groups excluding carboxylic acids is 1. The van der Waals surface area contributed by atoms with Crippen molar-refractivity contribution < 1.29 is 19.8 Å². The average Bonchev–Trinajstić information content (AvgIpc) is 3.24. The molecule has 8 heteroatoms. The number of carboxylic acid groups (broad SMARTS) is 1. The van der Waals surface area contributed by atoms with Gasteiger partial charge in [0.05, 0.1) is 23.5 Å². The predicted octanol–water partition coefficient (Wildman–Crippen LogP) is 1.05. The van der Waals surface area contributed by atoms with Gasteiger partial charge in [0.15, 0.2) is 0 Å². The van der Waals surface area contributed by atoms with E-state index in [-0.39, 0.29) is 24.5 Å². The van der Waals surface area contributed by atoms with E-state index in [1.165, 1.54) is 0 Å². The van der Waals surface area contributed by atoms with E-state index in [2.05, 4.69) is 9.88 Å². The van der Waals surface area contributed by atoms with Crippen LogP contribution in [0.15, 0.2) is 24.5 Å². The van der Waals surface area contributed by atoms with Gasteiger partial charge in [-0.05, 0) is 57.0 Å². The fraction of sp³-hybridized carbons (Fsp3) is 0.550. The first-order chi connectivity index (χ1) is 13.3. The number of aromatic nitrogens is 2. The molecule has 1 aliphatic carbocycles. The number of likely N-dealkylation sites (tertiary alicyclic amines) is 1. The molecule has 2 N–H and O–H groups in total. The highest BCUT2D eigenvalue weighted by molar-refractivity contribution is 5.97. The van der Waals surface area contributed by atoms with Crippen molar-refractivity contribution in [3.05, 3.63) is 30.1 Å². The van der Waals surface area contributed by atoms with E-state index in [9.17, 15) is 9.90 Å². The van der Waals surface area contributed by atoms with Gasteiger partial charge in [0, 0.05) is 31.7 Å². The second kappa shape index (κ2) is 8.28. The summed E-state index contributed by atoms with van der Waals surface area (Å²) in [7, 11) is 6.00. The Balaban J connectivity index is 0.000000706. The molecule has 1 aliphatic heterocycles. The number of hydrogen-bond donors (Lipinski definition) is 2. The van der Waals surface area contributed by atoms with Crippen molar-refractivity contribution in [2.75, 3.05) is 27.2 Å². The summed E-state index contributed by atoms with van der Waals surface area (Å²) in [5.41, 5.74) is 2.59. The van der Waals surface area contributed by atoms with Crippen LogP contribution in [0.1, 0.15) is 23.2 Å². The second-order valence-corrected chi connectivity index (χ2v) is 7.96. The number of aliphatic hydroxyl groups excluding tert-OH is 1. The van der Waals surface area contributed by atoms with Gasteiger partial charge in [-0.3, -0.25) is 9.59 Å². The van der Waals surface area contributed by atoms with Gasteiger partial charge in [-0.15, -0.1) is 0 Å². The lowest BCUT2D eigenvalue weighted by atomic mass is 9.77. The number of carbonyl (C=O) groups is 2. The lowest BCUT2D eigenvalue weighted by Gasteiger charge is -2.38. The van der Waals surface area contributed by atoms with Crippen LogP contribution < -0.4 is 0 Å². The summed E-state index contributed by atoms with van der Waals surface area (Å²) in [6.45, 7) is 1.29. The first-order valence-corrected chi connectivity index (χ1v) is 9.48. The summed E-state index contributed by atoms with van der Waals surface area (Å²) >= 11 is 0. The smallest absolute Gasteiger partial charge is 0.290 e. The predicted molar refractivity (Wildman–Crippen MR) is 105 cm³/mol. The number of amides is 1. The molecule has 28 heavy (non-hydrogen) atoms. The van der Waals surface area contributed by atoms with Crippen LogP contribution in [0.5, 0.6) is 0 Å². The van der Waals surface area contributed by atoms with Gasteiger partial charge in [0.25, 0.3) is 12.4 Å². The molecule has 0 radical (unpaired) electrons. The van der Waals surface area contributed by atoms with Crippen molar-refractivity contribution in [2.24, 2.45) is 18.9 Å². The number of rotatable bonds is 2. The van der Waals surface area contributed by atoms with Crippen LogP contribution in [0, 0.1) is 11.8 Å². The molecule has 4 atom stereocenters. The topological polar surface area (TPSA) is 98.9 Å². The van der Waals surface area contributed by atoms with Gasteiger partial charge in [0.1, 0.15) is 0 Å². The quantitative estimate of drug-likeness (QED) is 0.746. The van der Waals surface area contributed by atoms with Crippen molar-refractivity contribution >= 4 is 23.4 Å². The first-order valence-electron chi connectivity index (χ1n) is 9.48. The zero-order valence-electron chi connectivity index (χ0n) is 16.5. The van der Waals surface area contributed by atoms with Crippen molar-refractivity contribution in [1.29, 1.82) is 0 Å². The summed E-state index contributed by atoms with van der Waals surface area (Å²) in [6, 6.07) is 5.94. The summed E-state index contributed by atoms with van der Waals surface area (Å²) in [4.78, 5) is 29.7. The summed E-state index contributed by atoms with van der Waals surface area (Å²) in [5.74, 6) is 0.977. The monoisotopic (exact) mass is 388 g/mol. The van der Waals surface area contributed by atoms with E-state index < -0.39 is 0 Å². The first kappa shape index (κ1) is 20.3. The molecule has 0 unspecified atom stereocenters. The Morgan fingerprint density at radius 1 is 1.25 bits per heavy atom. The lowest BCUT2D eigenvalue weighted by molar-refractivity contribution is -0.122. The highest BCUT2D eigenvalue weighted by Gasteiger charge is 2.43. The van der Waals surface area contributed by atoms with Crippen LogP contribution in [-0.2, 0) is 11.8 Å². The van der Waals surface area contributed by atoms with Crippen LogP contribution in [-0.4, -0.2) is 81.3 Å². The zero-order valence-corrected chi connectivity index (χ0v) is 16.5. The molecule has 2 fully saturated rings. The minimum absolute atomic E-state index is 0.0813. The molecule has 2 aliphatic rings. The van der Waals surface area contributed by atoms with Crippen molar-refractivity contribution in [3.63, 3.8) is 0 Å². The minimum atomic E-state index is -0.295. The van der Waals surface area contributed by atoms with E-state index in [1.54, 1.807) is 6.33 Å². The summed E-state index contributed by atoms with van der Waals surface area (Å²) < 4.78 is 1.96. The highest BCUT2D eigenvalue weighted by Crippen LogP contribution is 2.38. The Kier molecular flexibility index (Phi) is 6.00. The Hall–Kier alpha value is -2.45. The van der Waals surface area contributed by atoms with E-state index in [1.807, 2.05) is 48.8 Å². The fourth-order valence-electron chi connectivity index (χ4n) is 4.58. The summed E-state index contributed by atoms with van der Waals surface area (Å²) in [5, 5.41) is 17.3. The van der Waals surface area contributed by atoms with Gasteiger partial charge in [-0.2, -0.15) is 0 Å². The van der Waals surface area contributed by atoms with Gasteiger partial charge in [-0.1, -0.05) is 0 Å². The summed E-state index contributed by atoms with van der Waals surface area (Å²) in [6.07, 6.45) is 3.22. The van der Waals surface area contributed by atoms with Gasteiger partial charge in [0.2, 0.25) is 0 Å². The Morgan fingerprint density at radius 3 is 2.54 bits per heavy atom. The van der Waals surface area contributed by atoms with Crippen molar-refractivity contribution in [2.45, 2.75) is 25.0 Å². The van der Waals surface area contributed by atoms with Crippen LogP contribution in [0.3, 0.4) is 0 Å². The van der Waals surface area contributed by atoms with Crippen LogP contribution in [0.4, 0.5) is 0 Å². The van der Waals surface area contributed by atoms with Crippen molar-refractivity contribution in [3.8, 4) is 0 Å². The Morgan fingerprint density at radius 2 is 1.89 bits per heavy atom. The van der Waals surface area contributed by atoms with Crippen molar-refractivity contribution in [1.82, 2.24) is 19.4 Å². The van der Waals surface area contributed by atoms with Crippen LogP contribution in [0.2, 0.25) is 0 Å². The van der Waals surface area contributed by atoms with Gasteiger partial charge in [-0.25, -0.2) is 4.98 Å². The number of fused-ring (bicyclic) bond motifs is 2. The van der Waals surface area contributed by atoms with E-state index in [0.717, 1.165) is 37.0 Å². The molecule has 0 spiro atoms. The molecule has 1 amide bonds. The molecule has 8 nitrogen and oxygen atoms in total. The van der Waals surface area contributed by atoms with E-state index in [0.29, 0.717) is 17.4 Å². The number of benzene rings is 1. The molecule has 4 rings (SSSR count). The molecule has 2 heterocycles. The highest BCUT2D eigenvalue weighted by atomic mass is 16.3. The average molecular weight is 388 g/mol. The van der Waals surface area contributed by atoms with Crippen LogP contribution >= 0.6 is 0 Å². The molecular weight excluding hydrogens is 360 g/mol. The maximum absolute atomic E-state index is 13.0. The molecule has 2 aromatic rings. The van der Waals surface area contributed by atoms with E-state index >= 15 is 0 Å². The molecule has 1 saturated carbocycles. The maximum Gasteiger partial charge on any atom is 0.290 e. The Bertz CT molecular complexity index is 850. The molecule has 1 aromatic carbocycles. The second-order valence-electron chi connectivity index (χ2n) is 7.96. The minimum Gasteiger partial charge on any atom is -0.483 e. The lowest BCUT2D eigenvalue weighted by Crippen LogP contribution is -2.46. The number of nitrogens with zero attached hydrogens (tertiary/aromatic N) is 4. The van der Waals surface area contributed by atoms with Gasteiger partial charge < -0.3 is 24.6 Å². The maximum atomic E-state index is 13.0. The molecule has 1 saturated heterocycles. The molecule has 0 bridgehead atoms. The third-order valence-corrected chi connectivity index (χ3v) is 6.03. The molecule has 1 aromatic heterocycles. The molecule has 152 valence electrons. The number of imidazole rings is 1. The SMILES string of the molecule is CN(C)[C@@H]1C[C@@H]2CN(C(=O)c3ccc4c(c3)ncn4C)C[C@@H]2C[C@H]1O.O=CO. The fourth-order valence-corrected chi connectivity index (χ4v) is 4.58. The largest absolute Gasteiger partial charge is 0.483 e. The number of hydrogen-bond acceptors (Lipinski definition) is 5. The third kappa shape index (κ3) is 3.88. The normalized spacial score (nSPS) is 26.7. The van der Waals surface area contributed by atoms with E-state index in [4.69, 9.17) is 9.90 Å². The van der Waals surface area contributed by atoms with Gasteiger partial charge >= 0.3 is 0 Å². The number of aliphatic hydroxyl groups is 1. The standard InChI is InChI=1S/C19H26N4O2.CH2O2/c1-21(2)17-7-13-9-23(10-14(13)8-18(17)24)19(25)12-4-5-16-15(6-12)20-11-22(16)3;2-1-3/h4-6,11,13-14,17-18,24H,7-10H2,1-3H3;1H,(H,2,3)/t13-,14+,17-,18-;/m1./s1. The zero-order chi connectivity index (χ0) is 20.4. The number of aryl methyl sites for hydroxylation is 1. The van der Waals surface area contributed by atoms with Crippen LogP contribution in [0.25, 0.3) is 11.0 Å². The third-order valence-electron chi connectivity index (χ3n) is 6.03. The Labute approximate surface area is 164 Å². The molecular formula is C20H28N4O4. The number of likely N-dealkylation sites (N-methyl/N-ethyl adjacent to an activating group) is 1.